The van der Waals surface area contributed by atoms with Gasteiger partial charge in [0.2, 0.25) is 17.8 Å². The van der Waals surface area contributed by atoms with Crippen molar-refractivity contribution in [2.24, 2.45) is 5.84 Å². The molecule has 0 aliphatic heterocycles. The van der Waals surface area contributed by atoms with Gasteiger partial charge < -0.3 is 10.2 Å². The minimum Gasteiger partial charge on any atom is -0.347 e. The Kier molecular flexibility index (Phi) is 4.35. The van der Waals surface area contributed by atoms with Crippen LogP contribution in [0.3, 0.4) is 0 Å². The standard InChI is InChI=1S/C12H16BrN7/c1-7-4-5-8(6-9(7)13)15-10-16-11(19-14)18-12(17-10)20(2)3/h4-6H,14H2,1-3H3,(H2,15,16,17,18,19). The molecular formula is C12H16BrN7. The average molecular weight is 338 g/mol. The molecule has 1 heterocycles. The van der Waals surface area contributed by atoms with E-state index in [2.05, 4.69) is 41.6 Å². The summed E-state index contributed by atoms with van der Waals surface area (Å²) in [6, 6.07) is 5.92. The fourth-order valence-electron chi connectivity index (χ4n) is 1.48. The van der Waals surface area contributed by atoms with Crippen LogP contribution in [0.2, 0.25) is 0 Å². The summed E-state index contributed by atoms with van der Waals surface area (Å²) in [4.78, 5) is 14.4. The van der Waals surface area contributed by atoms with E-state index in [1.807, 2.05) is 39.2 Å². The number of hydrazine groups is 1. The molecule has 2 rings (SSSR count). The largest absolute Gasteiger partial charge is 0.347 e. The maximum Gasteiger partial charge on any atom is 0.243 e. The molecule has 106 valence electrons. The number of hydrogen-bond donors (Lipinski definition) is 3. The molecular weight excluding hydrogens is 322 g/mol. The Balaban J connectivity index is 2.32. The van der Waals surface area contributed by atoms with E-state index >= 15 is 0 Å². The summed E-state index contributed by atoms with van der Waals surface area (Å²) >= 11 is 3.49. The van der Waals surface area contributed by atoms with Gasteiger partial charge in [-0.15, -0.1) is 0 Å². The molecule has 0 atom stereocenters. The number of halogens is 1. The lowest BCUT2D eigenvalue weighted by Gasteiger charge is -2.13. The summed E-state index contributed by atoms with van der Waals surface area (Å²) in [6.07, 6.45) is 0. The van der Waals surface area contributed by atoms with Gasteiger partial charge in [0.15, 0.2) is 0 Å². The lowest BCUT2D eigenvalue weighted by molar-refractivity contribution is 0.957. The van der Waals surface area contributed by atoms with E-state index in [1.54, 1.807) is 4.90 Å². The van der Waals surface area contributed by atoms with Gasteiger partial charge in [0.05, 0.1) is 0 Å². The summed E-state index contributed by atoms with van der Waals surface area (Å²) in [6.45, 7) is 2.03. The number of benzene rings is 1. The molecule has 0 fully saturated rings. The van der Waals surface area contributed by atoms with Crippen LogP contribution in [0.4, 0.5) is 23.5 Å². The van der Waals surface area contributed by atoms with Gasteiger partial charge in [-0.05, 0) is 24.6 Å². The molecule has 2 aromatic rings. The van der Waals surface area contributed by atoms with Crippen LogP contribution in [0.5, 0.6) is 0 Å². The molecule has 0 aliphatic carbocycles. The van der Waals surface area contributed by atoms with Crippen molar-refractivity contribution in [2.75, 3.05) is 29.7 Å². The van der Waals surface area contributed by atoms with Crippen molar-refractivity contribution in [2.45, 2.75) is 6.92 Å². The topological polar surface area (TPSA) is 92.0 Å². The van der Waals surface area contributed by atoms with Gasteiger partial charge >= 0.3 is 0 Å². The molecule has 0 saturated carbocycles. The first kappa shape index (κ1) is 14.5. The lowest BCUT2D eigenvalue weighted by atomic mass is 10.2. The number of anilines is 4. The Labute approximate surface area is 125 Å². The summed E-state index contributed by atoms with van der Waals surface area (Å²) in [5.74, 6) is 6.61. The maximum atomic E-state index is 5.37. The first-order chi connectivity index (χ1) is 9.49. The van der Waals surface area contributed by atoms with Gasteiger partial charge in [-0.25, -0.2) is 5.84 Å². The predicted molar refractivity (Wildman–Crippen MR) is 84.1 cm³/mol. The second-order valence-corrected chi connectivity index (χ2v) is 5.26. The number of nitrogens with zero attached hydrogens (tertiary/aromatic N) is 4. The van der Waals surface area contributed by atoms with E-state index in [1.165, 1.54) is 0 Å². The molecule has 0 aliphatic rings. The zero-order chi connectivity index (χ0) is 14.7. The first-order valence-corrected chi connectivity index (χ1v) is 6.72. The number of aromatic nitrogens is 3. The molecule has 0 radical (unpaired) electrons. The van der Waals surface area contributed by atoms with Crippen LogP contribution in [0.1, 0.15) is 5.56 Å². The Morgan fingerprint density at radius 3 is 2.45 bits per heavy atom. The molecule has 0 saturated heterocycles. The average Bonchev–Trinajstić information content (AvgIpc) is 2.42. The molecule has 8 heteroatoms. The van der Waals surface area contributed by atoms with Crippen molar-refractivity contribution in [3.63, 3.8) is 0 Å². The van der Waals surface area contributed by atoms with Crippen LogP contribution in [0.15, 0.2) is 22.7 Å². The van der Waals surface area contributed by atoms with Crippen molar-refractivity contribution < 1.29 is 0 Å². The van der Waals surface area contributed by atoms with E-state index in [0.29, 0.717) is 17.8 Å². The molecule has 1 aromatic heterocycles. The third-order valence-electron chi connectivity index (χ3n) is 2.58. The highest BCUT2D eigenvalue weighted by atomic mass is 79.9. The Bertz CT molecular complexity index is 615. The van der Waals surface area contributed by atoms with Crippen molar-refractivity contribution in [3.8, 4) is 0 Å². The Hall–Kier alpha value is -1.93. The normalized spacial score (nSPS) is 10.2. The van der Waals surface area contributed by atoms with Gasteiger partial charge in [0, 0.05) is 24.3 Å². The van der Waals surface area contributed by atoms with E-state index in [4.69, 9.17) is 5.84 Å². The second-order valence-electron chi connectivity index (χ2n) is 4.41. The number of rotatable bonds is 4. The molecule has 20 heavy (non-hydrogen) atoms. The minimum atomic E-state index is 0.303. The van der Waals surface area contributed by atoms with Crippen LogP contribution in [0.25, 0.3) is 0 Å². The van der Waals surface area contributed by atoms with Crippen LogP contribution < -0.4 is 21.5 Å². The van der Waals surface area contributed by atoms with E-state index in [9.17, 15) is 0 Å². The van der Waals surface area contributed by atoms with Crippen molar-refractivity contribution in [1.29, 1.82) is 0 Å². The predicted octanol–water partition coefficient (Wildman–Crippen LogP) is 2.04. The van der Waals surface area contributed by atoms with Crippen LogP contribution >= 0.6 is 15.9 Å². The number of nitrogens with one attached hydrogen (secondary N) is 2. The second kappa shape index (κ2) is 6.02. The minimum absolute atomic E-state index is 0.303. The lowest BCUT2D eigenvalue weighted by Crippen LogP contribution is -2.18. The van der Waals surface area contributed by atoms with Gasteiger partial charge in [0.25, 0.3) is 0 Å². The molecule has 7 nitrogen and oxygen atoms in total. The molecule has 0 unspecified atom stereocenters. The monoisotopic (exact) mass is 337 g/mol. The van der Waals surface area contributed by atoms with Crippen molar-refractivity contribution in [1.82, 2.24) is 15.0 Å². The maximum absolute atomic E-state index is 5.37. The van der Waals surface area contributed by atoms with Gasteiger partial charge in [-0.3, -0.25) is 5.43 Å². The Morgan fingerprint density at radius 1 is 1.15 bits per heavy atom. The smallest absolute Gasteiger partial charge is 0.243 e. The van der Waals surface area contributed by atoms with Gasteiger partial charge in [0.1, 0.15) is 0 Å². The fourth-order valence-corrected chi connectivity index (χ4v) is 1.86. The molecule has 4 N–H and O–H groups in total. The van der Waals surface area contributed by atoms with E-state index < -0.39 is 0 Å². The highest BCUT2D eigenvalue weighted by molar-refractivity contribution is 9.10. The number of aryl methyl sites for hydroxylation is 1. The quantitative estimate of drug-likeness (QED) is 0.580. The first-order valence-electron chi connectivity index (χ1n) is 5.93. The number of hydrogen-bond acceptors (Lipinski definition) is 7. The molecule has 1 aromatic carbocycles. The van der Waals surface area contributed by atoms with Gasteiger partial charge in [-0.2, -0.15) is 15.0 Å². The van der Waals surface area contributed by atoms with Gasteiger partial charge in [-0.1, -0.05) is 22.0 Å². The highest BCUT2D eigenvalue weighted by Crippen LogP contribution is 2.23. The van der Waals surface area contributed by atoms with E-state index in [0.717, 1.165) is 15.7 Å². The fraction of sp³-hybridized carbons (Fsp3) is 0.250. The van der Waals surface area contributed by atoms with Crippen molar-refractivity contribution in [3.05, 3.63) is 28.2 Å². The summed E-state index contributed by atoms with van der Waals surface area (Å²) < 4.78 is 1.02. The van der Waals surface area contributed by atoms with Crippen LogP contribution in [-0.4, -0.2) is 29.0 Å². The summed E-state index contributed by atoms with van der Waals surface area (Å²) in [5, 5.41) is 3.13. The number of nitrogen functional groups attached to an aromatic ring is 1. The summed E-state index contributed by atoms with van der Waals surface area (Å²) in [7, 11) is 3.70. The molecule has 0 spiro atoms. The Morgan fingerprint density at radius 2 is 1.85 bits per heavy atom. The summed E-state index contributed by atoms with van der Waals surface area (Å²) in [5.41, 5.74) is 4.46. The SMILES string of the molecule is Cc1ccc(Nc2nc(NN)nc(N(C)C)n2)cc1Br. The highest BCUT2D eigenvalue weighted by Gasteiger charge is 2.08. The number of nitrogens with two attached hydrogens (primary N) is 1. The molecule has 0 bridgehead atoms. The third-order valence-corrected chi connectivity index (χ3v) is 3.44. The zero-order valence-corrected chi connectivity index (χ0v) is 13.1. The molecule has 0 amide bonds. The van der Waals surface area contributed by atoms with Crippen molar-refractivity contribution >= 4 is 39.5 Å². The van der Waals surface area contributed by atoms with E-state index in [-0.39, 0.29) is 0 Å². The third kappa shape index (κ3) is 3.34. The van der Waals surface area contributed by atoms with Crippen LogP contribution in [0, 0.1) is 6.92 Å². The zero-order valence-electron chi connectivity index (χ0n) is 11.5. The van der Waals surface area contributed by atoms with Crippen LogP contribution in [-0.2, 0) is 0 Å².